The van der Waals surface area contributed by atoms with Crippen LogP contribution in [0.4, 0.5) is 5.69 Å². The van der Waals surface area contributed by atoms with Crippen molar-refractivity contribution in [3.8, 4) is 5.75 Å². The van der Waals surface area contributed by atoms with Crippen LogP contribution in [-0.2, 0) is 4.79 Å². The van der Waals surface area contributed by atoms with Crippen LogP contribution in [0.1, 0.15) is 25.3 Å². The van der Waals surface area contributed by atoms with Crippen molar-refractivity contribution in [3.63, 3.8) is 0 Å². The summed E-state index contributed by atoms with van der Waals surface area (Å²) in [5.41, 5.74) is 2.01. The Bertz CT molecular complexity index is 626. The number of amides is 1. The van der Waals surface area contributed by atoms with Crippen molar-refractivity contribution in [3.05, 3.63) is 57.7 Å². The minimum atomic E-state index is -0.158. The second kappa shape index (κ2) is 7.45. The van der Waals surface area contributed by atoms with Gasteiger partial charge in [-0.2, -0.15) is 0 Å². The van der Waals surface area contributed by atoms with Crippen molar-refractivity contribution in [1.29, 1.82) is 0 Å². The SMILES string of the molecule is CC(C)c1cccc(OCC(=O)Nc2ccccc2I)c1. The van der Waals surface area contributed by atoms with Crippen LogP contribution in [0.15, 0.2) is 48.5 Å². The van der Waals surface area contributed by atoms with Gasteiger partial charge in [-0.3, -0.25) is 4.79 Å². The number of benzene rings is 2. The summed E-state index contributed by atoms with van der Waals surface area (Å²) in [5, 5.41) is 2.85. The molecule has 0 fully saturated rings. The van der Waals surface area contributed by atoms with Gasteiger partial charge in [-0.15, -0.1) is 0 Å². The van der Waals surface area contributed by atoms with Crippen molar-refractivity contribution in [2.45, 2.75) is 19.8 Å². The maximum absolute atomic E-state index is 11.9. The van der Waals surface area contributed by atoms with E-state index >= 15 is 0 Å². The second-order valence-corrected chi connectivity index (χ2v) is 6.21. The van der Waals surface area contributed by atoms with Crippen LogP contribution in [0.5, 0.6) is 5.75 Å². The zero-order chi connectivity index (χ0) is 15.2. The number of anilines is 1. The molecule has 0 bridgehead atoms. The average molecular weight is 395 g/mol. The number of hydrogen-bond donors (Lipinski definition) is 1. The number of rotatable bonds is 5. The molecule has 1 amide bonds. The number of nitrogens with one attached hydrogen (secondary N) is 1. The lowest BCUT2D eigenvalue weighted by atomic mass is 10.0. The molecule has 0 radical (unpaired) electrons. The molecule has 0 saturated heterocycles. The molecule has 2 aromatic carbocycles. The molecule has 2 aromatic rings. The van der Waals surface area contributed by atoms with Gasteiger partial charge in [-0.25, -0.2) is 0 Å². The zero-order valence-electron chi connectivity index (χ0n) is 12.1. The molecule has 0 saturated carbocycles. The van der Waals surface area contributed by atoms with E-state index in [2.05, 4.69) is 47.8 Å². The first-order valence-corrected chi connectivity index (χ1v) is 7.91. The summed E-state index contributed by atoms with van der Waals surface area (Å²) in [7, 11) is 0. The fourth-order valence-electron chi connectivity index (χ4n) is 1.86. The fourth-order valence-corrected chi connectivity index (χ4v) is 2.38. The Balaban J connectivity index is 1.92. The van der Waals surface area contributed by atoms with E-state index in [1.807, 2.05) is 42.5 Å². The molecule has 1 N–H and O–H groups in total. The molecular weight excluding hydrogens is 377 g/mol. The minimum Gasteiger partial charge on any atom is -0.484 e. The van der Waals surface area contributed by atoms with Crippen molar-refractivity contribution in [2.75, 3.05) is 11.9 Å². The third-order valence-corrected chi connectivity index (χ3v) is 3.98. The monoisotopic (exact) mass is 395 g/mol. The zero-order valence-corrected chi connectivity index (χ0v) is 14.3. The van der Waals surface area contributed by atoms with Gasteiger partial charge >= 0.3 is 0 Å². The summed E-state index contributed by atoms with van der Waals surface area (Å²) >= 11 is 2.19. The molecule has 0 spiro atoms. The highest BCUT2D eigenvalue weighted by Crippen LogP contribution is 2.20. The van der Waals surface area contributed by atoms with Crippen molar-refractivity contribution < 1.29 is 9.53 Å². The van der Waals surface area contributed by atoms with Crippen molar-refractivity contribution >= 4 is 34.2 Å². The van der Waals surface area contributed by atoms with E-state index in [1.165, 1.54) is 5.56 Å². The van der Waals surface area contributed by atoms with Crippen LogP contribution < -0.4 is 10.1 Å². The topological polar surface area (TPSA) is 38.3 Å². The van der Waals surface area contributed by atoms with Gasteiger partial charge in [0.05, 0.1) is 5.69 Å². The van der Waals surface area contributed by atoms with E-state index in [1.54, 1.807) is 0 Å². The lowest BCUT2D eigenvalue weighted by molar-refractivity contribution is -0.118. The predicted octanol–water partition coefficient (Wildman–Crippen LogP) is 4.43. The second-order valence-electron chi connectivity index (χ2n) is 5.04. The molecule has 0 unspecified atom stereocenters. The highest BCUT2D eigenvalue weighted by atomic mass is 127. The number of carbonyl (C=O) groups is 1. The van der Waals surface area contributed by atoms with Gasteiger partial charge < -0.3 is 10.1 Å². The standard InChI is InChI=1S/C17H18INO2/c1-12(2)13-6-5-7-14(10-13)21-11-17(20)19-16-9-4-3-8-15(16)18/h3-10,12H,11H2,1-2H3,(H,19,20). The Morgan fingerprint density at radius 1 is 1.19 bits per heavy atom. The first-order valence-electron chi connectivity index (χ1n) is 6.83. The molecule has 110 valence electrons. The fraction of sp³-hybridized carbons (Fsp3) is 0.235. The number of carbonyl (C=O) groups excluding carboxylic acids is 1. The van der Waals surface area contributed by atoms with Gasteiger partial charge in [0.25, 0.3) is 5.91 Å². The van der Waals surface area contributed by atoms with Crippen molar-refractivity contribution in [2.24, 2.45) is 0 Å². The first kappa shape index (κ1) is 15.8. The van der Waals surface area contributed by atoms with E-state index in [9.17, 15) is 4.79 Å². The summed E-state index contributed by atoms with van der Waals surface area (Å²) in [6.07, 6.45) is 0. The number of hydrogen-bond acceptors (Lipinski definition) is 2. The number of ether oxygens (including phenoxy) is 1. The Labute approximate surface area is 138 Å². The van der Waals surface area contributed by atoms with Gasteiger partial charge in [-0.05, 0) is 58.3 Å². The summed E-state index contributed by atoms with van der Waals surface area (Å²) in [6.45, 7) is 4.26. The van der Waals surface area contributed by atoms with Crippen LogP contribution in [0.25, 0.3) is 0 Å². The van der Waals surface area contributed by atoms with Gasteiger partial charge in [0.2, 0.25) is 0 Å². The average Bonchev–Trinajstić information content (AvgIpc) is 2.48. The molecule has 0 aromatic heterocycles. The van der Waals surface area contributed by atoms with Crippen molar-refractivity contribution in [1.82, 2.24) is 0 Å². The molecule has 3 nitrogen and oxygen atoms in total. The Kier molecular flexibility index (Phi) is 5.61. The molecule has 0 heterocycles. The van der Waals surface area contributed by atoms with Crippen LogP contribution in [-0.4, -0.2) is 12.5 Å². The van der Waals surface area contributed by atoms with Gasteiger partial charge in [0.15, 0.2) is 6.61 Å². The van der Waals surface area contributed by atoms with E-state index in [0.717, 1.165) is 15.0 Å². The van der Waals surface area contributed by atoms with Gasteiger partial charge in [-0.1, -0.05) is 38.1 Å². The quantitative estimate of drug-likeness (QED) is 0.761. The van der Waals surface area contributed by atoms with Crippen LogP contribution in [0.3, 0.4) is 0 Å². The molecule has 4 heteroatoms. The summed E-state index contributed by atoms with van der Waals surface area (Å²) in [4.78, 5) is 11.9. The molecule has 21 heavy (non-hydrogen) atoms. The highest BCUT2D eigenvalue weighted by Gasteiger charge is 2.07. The molecule has 2 rings (SSSR count). The molecule has 0 atom stereocenters. The third-order valence-electron chi connectivity index (χ3n) is 3.04. The van der Waals surface area contributed by atoms with Crippen LogP contribution in [0, 0.1) is 3.57 Å². The molecule has 0 aliphatic heterocycles. The number of halogens is 1. The largest absolute Gasteiger partial charge is 0.484 e. The third kappa shape index (κ3) is 4.74. The van der Waals surface area contributed by atoms with E-state index < -0.39 is 0 Å². The predicted molar refractivity (Wildman–Crippen MR) is 93.8 cm³/mol. The Morgan fingerprint density at radius 2 is 1.95 bits per heavy atom. The van der Waals surface area contributed by atoms with E-state index in [0.29, 0.717) is 5.92 Å². The lowest BCUT2D eigenvalue weighted by Gasteiger charge is -2.11. The summed E-state index contributed by atoms with van der Waals surface area (Å²) in [6, 6.07) is 15.5. The molecular formula is C17H18INO2. The highest BCUT2D eigenvalue weighted by molar-refractivity contribution is 14.1. The Morgan fingerprint density at radius 3 is 2.67 bits per heavy atom. The van der Waals surface area contributed by atoms with Gasteiger partial charge in [0, 0.05) is 3.57 Å². The van der Waals surface area contributed by atoms with Crippen LogP contribution in [0.2, 0.25) is 0 Å². The maximum atomic E-state index is 11.9. The van der Waals surface area contributed by atoms with Gasteiger partial charge in [0.1, 0.15) is 5.75 Å². The smallest absolute Gasteiger partial charge is 0.262 e. The number of para-hydroxylation sites is 1. The maximum Gasteiger partial charge on any atom is 0.262 e. The normalized spacial score (nSPS) is 10.5. The molecule has 0 aliphatic rings. The minimum absolute atomic E-state index is 0.00647. The first-order chi connectivity index (χ1) is 10.1. The lowest BCUT2D eigenvalue weighted by Crippen LogP contribution is -2.20. The van der Waals surface area contributed by atoms with E-state index in [-0.39, 0.29) is 12.5 Å². The summed E-state index contributed by atoms with van der Waals surface area (Å²) in [5.74, 6) is 1.00. The Hall–Kier alpha value is -1.56. The van der Waals surface area contributed by atoms with Crippen LogP contribution >= 0.6 is 22.6 Å². The van der Waals surface area contributed by atoms with E-state index in [4.69, 9.17) is 4.74 Å². The molecule has 0 aliphatic carbocycles. The summed E-state index contributed by atoms with van der Waals surface area (Å²) < 4.78 is 6.56.